The number of esters is 3. The van der Waals surface area contributed by atoms with Crippen LogP contribution in [0.4, 0.5) is 0 Å². The Hall–Kier alpha value is -4.00. The lowest BCUT2D eigenvalue weighted by Crippen LogP contribution is -2.29. The highest BCUT2D eigenvalue weighted by Crippen LogP contribution is 2.32. The first-order chi connectivity index (χ1) is 20.3. The summed E-state index contributed by atoms with van der Waals surface area (Å²) < 4.78 is 16.5. The lowest BCUT2D eigenvalue weighted by atomic mass is 9.80. The average Bonchev–Trinajstić information content (AvgIpc) is 3.02. The van der Waals surface area contributed by atoms with Crippen molar-refractivity contribution in [2.75, 3.05) is 0 Å². The highest BCUT2D eigenvalue weighted by molar-refractivity contribution is 5.89. The van der Waals surface area contributed by atoms with Crippen LogP contribution in [0.15, 0.2) is 73.8 Å². The van der Waals surface area contributed by atoms with E-state index in [9.17, 15) is 19.2 Å². The number of benzene rings is 2. The number of carbonyl (C=O) groups is 4. The molecule has 0 atom stereocenters. The molecule has 0 unspecified atom stereocenters. The van der Waals surface area contributed by atoms with Crippen LogP contribution in [0.25, 0.3) is 0 Å². The summed E-state index contributed by atoms with van der Waals surface area (Å²) in [5.41, 5.74) is 2.26. The summed E-state index contributed by atoms with van der Waals surface area (Å²) in [5, 5.41) is 0. The predicted molar refractivity (Wildman–Crippen MR) is 159 cm³/mol. The Morgan fingerprint density at radius 2 is 1.10 bits per heavy atom. The van der Waals surface area contributed by atoms with Gasteiger partial charge in [0.15, 0.2) is 5.78 Å². The van der Waals surface area contributed by atoms with Crippen molar-refractivity contribution in [2.45, 2.75) is 76.7 Å². The molecule has 0 amide bonds. The third kappa shape index (κ3) is 9.26. The molecule has 2 fully saturated rings. The molecule has 7 heteroatoms. The zero-order valence-corrected chi connectivity index (χ0v) is 24.1. The quantitative estimate of drug-likeness (QED) is 0.162. The van der Waals surface area contributed by atoms with Gasteiger partial charge in [-0.15, -0.1) is 0 Å². The van der Waals surface area contributed by atoms with Crippen LogP contribution in [-0.4, -0.2) is 29.8 Å². The molecule has 4 rings (SSSR count). The van der Waals surface area contributed by atoms with E-state index in [1.165, 1.54) is 6.08 Å². The summed E-state index contributed by atoms with van der Waals surface area (Å²) in [6.45, 7) is 6.94. The highest BCUT2D eigenvalue weighted by Gasteiger charge is 2.30. The van der Waals surface area contributed by atoms with Gasteiger partial charge >= 0.3 is 17.9 Å². The summed E-state index contributed by atoms with van der Waals surface area (Å²) >= 11 is 0. The van der Waals surface area contributed by atoms with E-state index in [0.717, 1.165) is 55.7 Å². The molecule has 0 bridgehead atoms. The molecule has 0 aromatic heterocycles. The third-order valence-electron chi connectivity index (χ3n) is 8.34. The number of carbonyl (C=O) groups excluding carboxylic acids is 4. The highest BCUT2D eigenvalue weighted by atomic mass is 16.5. The van der Waals surface area contributed by atoms with Gasteiger partial charge < -0.3 is 14.2 Å². The van der Waals surface area contributed by atoms with Crippen LogP contribution in [0.2, 0.25) is 0 Å². The SMILES string of the molecule is C=CC(=O)CC1CCC(C(=O)Oc2ccc(CCc3ccc(OC(=O)C4CCC(OC(=O)C=C)CC4)cc3)cc2)CC1. The van der Waals surface area contributed by atoms with Crippen LogP contribution < -0.4 is 9.47 Å². The lowest BCUT2D eigenvalue weighted by molar-refractivity contribution is -0.147. The maximum Gasteiger partial charge on any atom is 0.330 e. The second-order valence-electron chi connectivity index (χ2n) is 11.3. The molecule has 42 heavy (non-hydrogen) atoms. The second kappa shape index (κ2) is 15.3. The van der Waals surface area contributed by atoms with Crippen molar-refractivity contribution in [3.63, 3.8) is 0 Å². The maximum absolute atomic E-state index is 12.6. The Labute approximate surface area is 247 Å². The monoisotopic (exact) mass is 572 g/mol. The molecule has 2 aliphatic rings. The van der Waals surface area contributed by atoms with Crippen LogP contribution in [0.1, 0.15) is 68.9 Å². The number of rotatable bonds is 12. The average molecular weight is 573 g/mol. The van der Waals surface area contributed by atoms with Crippen LogP contribution >= 0.6 is 0 Å². The fourth-order valence-corrected chi connectivity index (χ4v) is 5.73. The van der Waals surface area contributed by atoms with E-state index >= 15 is 0 Å². The van der Waals surface area contributed by atoms with Crippen LogP contribution in [0, 0.1) is 17.8 Å². The fraction of sp³-hybridized carbons (Fsp3) is 0.429. The molecule has 0 spiro atoms. The Morgan fingerprint density at radius 1 is 0.643 bits per heavy atom. The fourth-order valence-electron chi connectivity index (χ4n) is 5.73. The number of aryl methyl sites for hydroxylation is 2. The van der Waals surface area contributed by atoms with E-state index in [0.29, 0.717) is 49.5 Å². The summed E-state index contributed by atoms with van der Waals surface area (Å²) in [6, 6.07) is 15.2. The Morgan fingerprint density at radius 3 is 1.52 bits per heavy atom. The van der Waals surface area contributed by atoms with E-state index in [-0.39, 0.29) is 35.7 Å². The van der Waals surface area contributed by atoms with Gasteiger partial charge in [0, 0.05) is 12.5 Å². The van der Waals surface area contributed by atoms with Gasteiger partial charge in [-0.3, -0.25) is 14.4 Å². The molecule has 0 saturated heterocycles. The van der Waals surface area contributed by atoms with Gasteiger partial charge in [-0.05, 0) is 112 Å². The smallest absolute Gasteiger partial charge is 0.330 e. The molecule has 0 aliphatic heterocycles. The standard InChI is InChI=1S/C35H40O7/c1-3-29(36)23-26-7-13-27(14-8-26)34(38)41-31-17-9-24(10-18-31)5-6-25-11-19-32(20-12-25)42-35(39)28-15-21-30(22-16-28)40-33(37)4-2/h3-4,9-12,17-20,26-28,30H,1-2,5-8,13-16,21-23H2. The third-order valence-corrected chi connectivity index (χ3v) is 8.34. The second-order valence-corrected chi connectivity index (χ2v) is 11.3. The molecule has 7 nitrogen and oxygen atoms in total. The molecule has 0 radical (unpaired) electrons. The zero-order chi connectivity index (χ0) is 29.9. The van der Waals surface area contributed by atoms with E-state index in [2.05, 4.69) is 13.2 Å². The Bertz CT molecular complexity index is 1150. The van der Waals surface area contributed by atoms with E-state index in [1.54, 1.807) is 0 Å². The van der Waals surface area contributed by atoms with Crippen molar-refractivity contribution in [2.24, 2.45) is 17.8 Å². The summed E-state index contributed by atoms with van der Waals surface area (Å²) in [6.07, 6.45) is 10.3. The molecule has 2 aromatic rings. The number of hydrogen-bond acceptors (Lipinski definition) is 7. The Kier molecular flexibility index (Phi) is 11.3. The van der Waals surface area contributed by atoms with E-state index in [1.807, 2.05) is 48.5 Å². The first-order valence-electron chi connectivity index (χ1n) is 14.9. The molecule has 2 saturated carbocycles. The van der Waals surface area contributed by atoms with Gasteiger partial charge in [-0.1, -0.05) is 37.4 Å². The van der Waals surface area contributed by atoms with Gasteiger partial charge in [-0.25, -0.2) is 4.79 Å². The summed E-state index contributed by atoms with van der Waals surface area (Å²) in [4.78, 5) is 48.2. The minimum Gasteiger partial charge on any atom is -0.459 e. The van der Waals surface area contributed by atoms with Crippen molar-refractivity contribution in [3.8, 4) is 11.5 Å². The van der Waals surface area contributed by atoms with Crippen LogP contribution in [-0.2, 0) is 36.8 Å². The van der Waals surface area contributed by atoms with Crippen molar-refractivity contribution in [3.05, 3.63) is 85.0 Å². The zero-order valence-electron chi connectivity index (χ0n) is 24.1. The predicted octanol–water partition coefficient (Wildman–Crippen LogP) is 6.52. The molecule has 222 valence electrons. The van der Waals surface area contributed by atoms with Crippen LogP contribution in [0.5, 0.6) is 11.5 Å². The molecule has 2 aliphatic carbocycles. The van der Waals surface area contributed by atoms with Crippen molar-refractivity contribution >= 4 is 23.7 Å². The maximum atomic E-state index is 12.6. The lowest BCUT2D eigenvalue weighted by Gasteiger charge is -2.26. The van der Waals surface area contributed by atoms with Crippen molar-refractivity contribution in [1.29, 1.82) is 0 Å². The Balaban J connectivity index is 1.16. The molecule has 2 aromatic carbocycles. The number of ether oxygens (including phenoxy) is 3. The summed E-state index contributed by atoms with van der Waals surface area (Å²) in [5.74, 6) is 0.288. The molecular formula is C35H40O7. The minimum absolute atomic E-state index is 0.0698. The van der Waals surface area contributed by atoms with Gasteiger partial charge in [0.1, 0.15) is 17.6 Å². The normalized spacial score (nSPS) is 21.9. The largest absolute Gasteiger partial charge is 0.459 e. The van der Waals surface area contributed by atoms with Crippen LogP contribution in [0.3, 0.4) is 0 Å². The van der Waals surface area contributed by atoms with Crippen molar-refractivity contribution in [1.82, 2.24) is 0 Å². The number of ketones is 1. The topological polar surface area (TPSA) is 96.0 Å². The molecular weight excluding hydrogens is 532 g/mol. The first-order valence-corrected chi connectivity index (χ1v) is 14.9. The van der Waals surface area contributed by atoms with Gasteiger partial charge in [-0.2, -0.15) is 0 Å². The minimum atomic E-state index is -0.427. The van der Waals surface area contributed by atoms with Gasteiger partial charge in [0.05, 0.1) is 11.8 Å². The van der Waals surface area contributed by atoms with E-state index < -0.39 is 5.97 Å². The van der Waals surface area contributed by atoms with Gasteiger partial charge in [0.25, 0.3) is 0 Å². The van der Waals surface area contributed by atoms with E-state index in [4.69, 9.17) is 14.2 Å². The number of hydrogen-bond donors (Lipinski definition) is 0. The van der Waals surface area contributed by atoms with Crippen molar-refractivity contribution < 1.29 is 33.4 Å². The summed E-state index contributed by atoms with van der Waals surface area (Å²) in [7, 11) is 0. The number of allylic oxidation sites excluding steroid dienone is 1. The first kappa shape index (κ1) is 30.9. The molecule has 0 heterocycles. The molecule has 0 N–H and O–H groups in total. The van der Waals surface area contributed by atoms with Gasteiger partial charge in [0.2, 0.25) is 0 Å².